The zero-order valence-electron chi connectivity index (χ0n) is 7.91. The number of rotatable bonds is 2. The first-order valence-corrected chi connectivity index (χ1v) is 4.41. The van der Waals surface area contributed by atoms with Crippen molar-refractivity contribution in [1.29, 1.82) is 0 Å². The summed E-state index contributed by atoms with van der Waals surface area (Å²) in [4.78, 5) is 0. The summed E-state index contributed by atoms with van der Waals surface area (Å²) < 4.78 is 65.2. The molecule has 7 heteroatoms. The Labute approximate surface area is 92.8 Å². The van der Waals surface area contributed by atoms with E-state index >= 15 is 0 Å². The highest BCUT2D eigenvalue weighted by atomic mass is 35.5. The highest BCUT2D eigenvalue weighted by molar-refractivity contribution is 6.30. The molecule has 0 radical (unpaired) electrons. The Morgan fingerprint density at radius 2 is 1.81 bits per heavy atom. The van der Waals surface area contributed by atoms with Crippen molar-refractivity contribution in [3.63, 3.8) is 0 Å². The number of halogens is 6. The van der Waals surface area contributed by atoms with Crippen LogP contribution in [0.1, 0.15) is 11.1 Å². The van der Waals surface area contributed by atoms with Crippen LogP contribution in [0.4, 0.5) is 22.0 Å². The standard InChI is InChI=1S/C9H6ClF5O/c1-4-2-5(10)3-6(9(13,14)15)7(4)16-8(11)12/h2-3,8H,1H3. The van der Waals surface area contributed by atoms with Crippen LogP contribution in [0.2, 0.25) is 5.02 Å². The van der Waals surface area contributed by atoms with E-state index in [1.54, 1.807) is 0 Å². The van der Waals surface area contributed by atoms with Crippen molar-refractivity contribution in [1.82, 2.24) is 0 Å². The lowest BCUT2D eigenvalue weighted by molar-refractivity contribution is -0.142. The number of hydrogen-bond acceptors (Lipinski definition) is 1. The highest BCUT2D eigenvalue weighted by Gasteiger charge is 2.36. The molecule has 0 heterocycles. The Hall–Kier alpha value is -1.04. The monoisotopic (exact) mass is 260 g/mol. The molecular formula is C9H6ClF5O. The molecule has 1 aromatic carbocycles. The van der Waals surface area contributed by atoms with E-state index in [9.17, 15) is 22.0 Å². The smallest absolute Gasteiger partial charge is 0.420 e. The van der Waals surface area contributed by atoms with Gasteiger partial charge in [-0.15, -0.1) is 0 Å². The fourth-order valence-corrected chi connectivity index (χ4v) is 1.46. The minimum Gasteiger partial charge on any atom is -0.434 e. The van der Waals surface area contributed by atoms with Crippen molar-refractivity contribution < 1.29 is 26.7 Å². The topological polar surface area (TPSA) is 9.23 Å². The van der Waals surface area contributed by atoms with Gasteiger partial charge in [0.25, 0.3) is 0 Å². The third-order valence-corrected chi connectivity index (χ3v) is 1.97. The molecular weight excluding hydrogens is 255 g/mol. The summed E-state index contributed by atoms with van der Waals surface area (Å²) in [5.41, 5.74) is -1.40. The van der Waals surface area contributed by atoms with Crippen LogP contribution in [0.15, 0.2) is 12.1 Å². The van der Waals surface area contributed by atoms with Gasteiger partial charge >= 0.3 is 12.8 Å². The van der Waals surface area contributed by atoms with E-state index in [1.165, 1.54) is 6.92 Å². The molecule has 0 unspecified atom stereocenters. The van der Waals surface area contributed by atoms with Crippen molar-refractivity contribution in [2.24, 2.45) is 0 Å². The fourth-order valence-electron chi connectivity index (χ4n) is 1.19. The predicted octanol–water partition coefficient (Wildman–Crippen LogP) is 4.27. The number of aryl methyl sites for hydroxylation is 1. The third-order valence-electron chi connectivity index (χ3n) is 1.75. The minimum absolute atomic E-state index is 0.0971. The normalized spacial score (nSPS) is 12.0. The van der Waals surface area contributed by atoms with Crippen molar-refractivity contribution in [2.75, 3.05) is 0 Å². The van der Waals surface area contributed by atoms with Gasteiger partial charge < -0.3 is 4.74 Å². The molecule has 0 N–H and O–H groups in total. The first-order valence-electron chi connectivity index (χ1n) is 4.04. The van der Waals surface area contributed by atoms with Gasteiger partial charge in [0.2, 0.25) is 0 Å². The van der Waals surface area contributed by atoms with E-state index in [0.717, 1.165) is 6.07 Å². The zero-order valence-corrected chi connectivity index (χ0v) is 8.66. The zero-order chi connectivity index (χ0) is 12.5. The van der Waals surface area contributed by atoms with Crippen LogP contribution in [0.5, 0.6) is 5.75 Å². The average Bonchev–Trinajstić information content (AvgIpc) is 2.06. The van der Waals surface area contributed by atoms with Crippen LogP contribution in [0.3, 0.4) is 0 Å². The van der Waals surface area contributed by atoms with Gasteiger partial charge in [0.05, 0.1) is 5.56 Å². The van der Waals surface area contributed by atoms with Gasteiger partial charge in [-0.3, -0.25) is 0 Å². The molecule has 1 aromatic rings. The second-order valence-corrected chi connectivity index (χ2v) is 3.41. The Morgan fingerprint density at radius 3 is 2.25 bits per heavy atom. The van der Waals surface area contributed by atoms with Crippen molar-refractivity contribution in [3.8, 4) is 5.75 Å². The quantitative estimate of drug-likeness (QED) is 0.722. The van der Waals surface area contributed by atoms with E-state index in [0.29, 0.717) is 6.07 Å². The fraction of sp³-hybridized carbons (Fsp3) is 0.333. The Balaban J connectivity index is 3.33. The van der Waals surface area contributed by atoms with E-state index < -0.39 is 24.1 Å². The van der Waals surface area contributed by atoms with Gasteiger partial charge in [-0.25, -0.2) is 0 Å². The SMILES string of the molecule is Cc1cc(Cl)cc(C(F)(F)F)c1OC(F)F. The molecule has 0 saturated heterocycles. The molecule has 0 saturated carbocycles. The molecule has 0 aliphatic carbocycles. The average molecular weight is 261 g/mol. The second-order valence-electron chi connectivity index (χ2n) is 2.98. The molecule has 0 amide bonds. The van der Waals surface area contributed by atoms with Gasteiger partial charge in [-0.2, -0.15) is 22.0 Å². The van der Waals surface area contributed by atoms with Crippen LogP contribution in [-0.2, 0) is 6.18 Å². The Kier molecular flexibility index (Phi) is 3.62. The summed E-state index contributed by atoms with van der Waals surface area (Å²) in [6.07, 6.45) is -4.79. The maximum Gasteiger partial charge on any atom is 0.420 e. The number of alkyl halides is 5. The number of benzene rings is 1. The van der Waals surface area contributed by atoms with E-state index in [4.69, 9.17) is 11.6 Å². The molecule has 0 aliphatic heterocycles. The molecule has 1 rings (SSSR count). The lowest BCUT2D eigenvalue weighted by Crippen LogP contribution is -2.12. The summed E-state index contributed by atoms with van der Waals surface area (Å²) in [7, 11) is 0. The summed E-state index contributed by atoms with van der Waals surface area (Å²) >= 11 is 5.42. The molecule has 0 atom stereocenters. The molecule has 0 spiro atoms. The van der Waals surface area contributed by atoms with Crippen molar-refractivity contribution >= 4 is 11.6 Å². The molecule has 1 nitrogen and oxygen atoms in total. The largest absolute Gasteiger partial charge is 0.434 e. The van der Waals surface area contributed by atoms with Crippen LogP contribution in [-0.4, -0.2) is 6.61 Å². The van der Waals surface area contributed by atoms with Gasteiger partial charge in [-0.1, -0.05) is 11.6 Å². The van der Waals surface area contributed by atoms with E-state index in [-0.39, 0.29) is 10.6 Å². The van der Waals surface area contributed by atoms with Crippen LogP contribution >= 0.6 is 11.6 Å². The molecule has 0 aromatic heterocycles. The summed E-state index contributed by atoms with van der Waals surface area (Å²) in [5.74, 6) is -0.896. The molecule has 16 heavy (non-hydrogen) atoms. The van der Waals surface area contributed by atoms with E-state index in [2.05, 4.69) is 4.74 Å². The number of ether oxygens (including phenoxy) is 1. The molecule has 0 bridgehead atoms. The minimum atomic E-state index is -4.79. The summed E-state index contributed by atoms with van der Waals surface area (Å²) in [6.45, 7) is -2.11. The molecule has 0 aliphatic rings. The van der Waals surface area contributed by atoms with Crippen LogP contribution in [0.25, 0.3) is 0 Å². The second kappa shape index (κ2) is 4.45. The van der Waals surface area contributed by atoms with Crippen LogP contribution in [0, 0.1) is 6.92 Å². The Bertz CT molecular complexity index is 388. The van der Waals surface area contributed by atoms with E-state index in [1.807, 2.05) is 0 Å². The van der Waals surface area contributed by atoms with Crippen molar-refractivity contribution in [3.05, 3.63) is 28.3 Å². The molecule has 0 fully saturated rings. The third kappa shape index (κ3) is 2.98. The van der Waals surface area contributed by atoms with Gasteiger partial charge in [0.15, 0.2) is 0 Å². The van der Waals surface area contributed by atoms with Gasteiger partial charge in [0, 0.05) is 5.02 Å². The number of hydrogen-bond donors (Lipinski definition) is 0. The van der Waals surface area contributed by atoms with Gasteiger partial charge in [0.1, 0.15) is 5.75 Å². The van der Waals surface area contributed by atoms with Crippen molar-refractivity contribution in [2.45, 2.75) is 19.7 Å². The summed E-state index contributed by atoms with van der Waals surface area (Å²) in [5, 5.41) is -0.188. The van der Waals surface area contributed by atoms with Crippen LogP contribution < -0.4 is 4.74 Å². The van der Waals surface area contributed by atoms with Gasteiger partial charge in [-0.05, 0) is 24.6 Å². The molecule has 90 valence electrons. The summed E-state index contributed by atoms with van der Waals surface area (Å²) in [6, 6.07) is 1.67. The lowest BCUT2D eigenvalue weighted by Gasteiger charge is -2.15. The first kappa shape index (κ1) is 13.0. The lowest BCUT2D eigenvalue weighted by atomic mass is 10.1. The Morgan fingerprint density at radius 1 is 1.25 bits per heavy atom. The maximum atomic E-state index is 12.5. The maximum absolute atomic E-state index is 12.5. The predicted molar refractivity (Wildman–Crippen MR) is 47.8 cm³/mol. The highest BCUT2D eigenvalue weighted by Crippen LogP contribution is 2.40. The first-order chi connectivity index (χ1) is 7.21.